The van der Waals surface area contributed by atoms with E-state index in [1.54, 1.807) is 16.6 Å². The van der Waals surface area contributed by atoms with Gasteiger partial charge in [-0.1, -0.05) is 37.3 Å². The molecule has 2 aromatic heterocycles. The molecule has 1 N–H and O–H groups in total. The molecule has 140 valence electrons. The summed E-state index contributed by atoms with van der Waals surface area (Å²) in [6.07, 6.45) is 1.88. The van der Waals surface area contributed by atoms with Gasteiger partial charge < -0.3 is 5.32 Å². The van der Waals surface area contributed by atoms with Gasteiger partial charge in [0.1, 0.15) is 0 Å². The molecule has 1 unspecified atom stereocenters. The Morgan fingerprint density at radius 1 is 1.23 bits per heavy atom. The van der Waals surface area contributed by atoms with Crippen molar-refractivity contribution >= 4 is 31.5 Å². The van der Waals surface area contributed by atoms with Crippen LogP contribution in [0.25, 0.3) is 4.96 Å². The van der Waals surface area contributed by atoms with Crippen LogP contribution in [0.15, 0.2) is 35.4 Å². The fraction of sp³-hybridized carbons (Fsp3) is 0.412. The molecule has 1 atom stereocenters. The molecule has 0 bridgehead atoms. The van der Waals surface area contributed by atoms with Crippen molar-refractivity contribution in [3.63, 3.8) is 0 Å². The normalized spacial score (nSPS) is 13.4. The van der Waals surface area contributed by atoms with Crippen molar-refractivity contribution in [2.75, 3.05) is 18.4 Å². The van der Waals surface area contributed by atoms with Crippen molar-refractivity contribution in [1.82, 2.24) is 18.9 Å². The number of hydrogen-bond donors (Lipinski definition) is 1. The second-order valence-electron chi connectivity index (χ2n) is 6.04. The molecule has 0 aliphatic carbocycles. The van der Waals surface area contributed by atoms with Gasteiger partial charge in [-0.15, -0.1) is 5.10 Å². The molecule has 0 aliphatic rings. The molecule has 0 radical (unpaired) electrons. The summed E-state index contributed by atoms with van der Waals surface area (Å²) in [6.45, 7) is 8.56. The minimum absolute atomic E-state index is 0.00263. The molecule has 0 saturated heterocycles. The van der Waals surface area contributed by atoms with Gasteiger partial charge in [-0.3, -0.25) is 0 Å². The number of imidazole rings is 1. The van der Waals surface area contributed by atoms with E-state index in [1.165, 1.54) is 15.6 Å². The molecule has 3 aromatic rings. The number of fused-ring (bicyclic) bond motifs is 1. The molecule has 0 amide bonds. The zero-order valence-corrected chi connectivity index (χ0v) is 16.9. The van der Waals surface area contributed by atoms with Gasteiger partial charge in [0.2, 0.25) is 20.1 Å². The highest BCUT2D eigenvalue weighted by molar-refractivity contribution is 7.89. The second-order valence-corrected chi connectivity index (χ2v) is 8.93. The molecule has 26 heavy (non-hydrogen) atoms. The quantitative estimate of drug-likeness (QED) is 0.666. The summed E-state index contributed by atoms with van der Waals surface area (Å²) in [5.41, 5.74) is 1.93. The van der Waals surface area contributed by atoms with E-state index >= 15 is 0 Å². The van der Waals surface area contributed by atoms with E-state index in [0.717, 1.165) is 21.3 Å². The smallest absolute Gasteiger partial charge is 0.243 e. The van der Waals surface area contributed by atoms with Gasteiger partial charge in [0, 0.05) is 13.1 Å². The topological polar surface area (TPSA) is 79.6 Å². The number of sulfonamides is 1. The van der Waals surface area contributed by atoms with Gasteiger partial charge in [0.05, 0.1) is 22.8 Å². The molecule has 2 heterocycles. The van der Waals surface area contributed by atoms with Crippen molar-refractivity contribution in [3.8, 4) is 0 Å². The SMILES string of the molecule is CCN(CC)S(=O)(=O)c1ccc(C(C)Nc2nn3cc(C)nc3s2)cc1. The summed E-state index contributed by atoms with van der Waals surface area (Å²) >= 11 is 1.49. The number of aromatic nitrogens is 3. The Kier molecular flexibility index (Phi) is 5.31. The average molecular weight is 394 g/mol. The number of nitrogens with one attached hydrogen (secondary N) is 1. The number of nitrogens with zero attached hydrogens (tertiary/aromatic N) is 4. The molecule has 0 aliphatic heterocycles. The third-order valence-corrected chi connectivity index (χ3v) is 7.14. The van der Waals surface area contributed by atoms with E-state index in [-0.39, 0.29) is 6.04 Å². The lowest BCUT2D eigenvalue weighted by atomic mass is 10.1. The van der Waals surface area contributed by atoms with Crippen LogP contribution < -0.4 is 5.32 Å². The van der Waals surface area contributed by atoms with Crippen LogP contribution in [-0.4, -0.2) is 40.4 Å². The average Bonchev–Trinajstić information content (AvgIpc) is 3.12. The second kappa shape index (κ2) is 7.34. The van der Waals surface area contributed by atoms with E-state index < -0.39 is 10.0 Å². The van der Waals surface area contributed by atoms with Crippen molar-refractivity contribution in [1.29, 1.82) is 0 Å². The molecule has 1 aromatic carbocycles. The van der Waals surface area contributed by atoms with Gasteiger partial charge in [-0.25, -0.2) is 17.9 Å². The van der Waals surface area contributed by atoms with E-state index in [4.69, 9.17) is 0 Å². The van der Waals surface area contributed by atoms with Crippen molar-refractivity contribution in [3.05, 3.63) is 41.7 Å². The maximum atomic E-state index is 12.6. The molecule has 3 rings (SSSR count). The Hall–Kier alpha value is -1.97. The van der Waals surface area contributed by atoms with Crippen LogP contribution in [0.3, 0.4) is 0 Å². The Balaban J connectivity index is 1.75. The molecule has 0 saturated carbocycles. The van der Waals surface area contributed by atoms with Crippen LogP contribution in [0.2, 0.25) is 0 Å². The number of rotatable bonds is 7. The third-order valence-electron chi connectivity index (χ3n) is 4.23. The first-order valence-corrected chi connectivity index (χ1v) is 10.8. The standard InChI is InChI=1S/C17H23N5O2S2/c1-5-21(6-2)26(23,24)15-9-7-14(8-10-15)13(4)19-16-20-22-11-12(3)18-17(22)25-16/h7-11,13H,5-6H2,1-4H3,(H,19,20). The molecule has 7 nitrogen and oxygen atoms in total. The molecule has 0 fully saturated rings. The first-order chi connectivity index (χ1) is 12.3. The maximum absolute atomic E-state index is 12.6. The zero-order chi connectivity index (χ0) is 18.9. The van der Waals surface area contributed by atoms with Crippen molar-refractivity contribution < 1.29 is 8.42 Å². The first-order valence-electron chi connectivity index (χ1n) is 8.54. The Labute approximate surface area is 157 Å². The summed E-state index contributed by atoms with van der Waals surface area (Å²) < 4.78 is 28.3. The number of aryl methyl sites for hydroxylation is 1. The highest BCUT2D eigenvalue weighted by atomic mass is 32.2. The first kappa shape index (κ1) is 18.8. The number of anilines is 1. The maximum Gasteiger partial charge on any atom is 0.243 e. The van der Waals surface area contributed by atoms with E-state index in [2.05, 4.69) is 15.4 Å². The van der Waals surface area contributed by atoms with E-state index in [0.29, 0.717) is 18.0 Å². The largest absolute Gasteiger partial charge is 0.354 e. The summed E-state index contributed by atoms with van der Waals surface area (Å²) in [6, 6.07) is 7.02. The predicted octanol–water partition coefficient (Wildman–Crippen LogP) is 3.30. The van der Waals surface area contributed by atoms with Gasteiger partial charge in [0.25, 0.3) is 0 Å². The van der Waals surface area contributed by atoms with E-state index in [1.807, 2.05) is 46.0 Å². The van der Waals surface area contributed by atoms with Crippen LogP contribution in [0, 0.1) is 6.92 Å². The summed E-state index contributed by atoms with van der Waals surface area (Å²) in [7, 11) is -3.43. The van der Waals surface area contributed by atoms with Crippen LogP contribution >= 0.6 is 11.3 Å². The zero-order valence-electron chi connectivity index (χ0n) is 15.3. The molecule has 9 heteroatoms. The molecule has 0 spiro atoms. The van der Waals surface area contributed by atoms with E-state index in [9.17, 15) is 8.42 Å². The highest BCUT2D eigenvalue weighted by Gasteiger charge is 2.21. The summed E-state index contributed by atoms with van der Waals surface area (Å²) in [4.78, 5) is 5.56. The lowest BCUT2D eigenvalue weighted by molar-refractivity contribution is 0.445. The summed E-state index contributed by atoms with van der Waals surface area (Å²) in [5, 5.41) is 8.58. The van der Waals surface area contributed by atoms with Crippen molar-refractivity contribution in [2.45, 2.75) is 38.6 Å². The van der Waals surface area contributed by atoms with Crippen molar-refractivity contribution in [2.24, 2.45) is 0 Å². The minimum atomic E-state index is -3.43. The van der Waals surface area contributed by atoms with Gasteiger partial charge >= 0.3 is 0 Å². The fourth-order valence-electron chi connectivity index (χ4n) is 2.78. The number of hydrogen-bond acceptors (Lipinski definition) is 6. The summed E-state index contributed by atoms with van der Waals surface area (Å²) in [5.74, 6) is 0. The van der Waals surface area contributed by atoms with Crippen LogP contribution in [-0.2, 0) is 10.0 Å². The monoisotopic (exact) mass is 393 g/mol. The fourth-order valence-corrected chi connectivity index (χ4v) is 5.15. The number of benzene rings is 1. The predicted molar refractivity (Wildman–Crippen MR) is 104 cm³/mol. The Morgan fingerprint density at radius 2 is 1.88 bits per heavy atom. The Morgan fingerprint density at radius 3 is 2.46 bits per heavy atom. The lowest BCUT2D eigenvalue weighted by Crippen LogP contribution is -2.30. The Bertz CT molecular complexity index is 957. The van der Waals surface area contributed by atoms with Crippen LogP contribution in [0.5, 0.6) is 0 Å². The minimum Gasteiger partial charge on any atom is -0.354 e. The third kappa shape index (κ3) is 3.60. The molecular weight excluding hydrogens is 370 g/mol. The van der Waals surface area contributed by atoms with Crippen LogP contribution in [0.1, 0.15) is 38.1 Å². The lowest BCUT2D eigenvalue weighted by Gasteiger charge is -2.19. The molecular formula is C17H23N5O2S2. The van der Waals surface area contributed by atoms with Gasteiger partial charge in [-0.2, -0.15) is 4.31 Å². The van der Waals surface area contributed by atoms with Gasteiger partial charge in [-0.05, 0) is 31.5 Å². The van der Waals surface area contributed by atoms with Gasteiger partial charge in [0.15, 0.2) is 0 Å². The highest BCUT2D eigenvalue weighted by Crippen LogP contribution is 2.25. The van der Waals surface area contributed by atoms with Crippen LogP contribution in [0.4, 0.5) is 5.13 Å².